The molecule has 25 heavy (non-hydrogen) atoms. The number of nitrogens with one attached hydrogen (secondary N) is 2. The fraction of sp³-hybridized carbons (Fsp3) is 0.381. The minimum absolute atomic E-state index is 0.126. The van der Waals surface area contributed by atoms with Crippen LogP contribution in [0.2, 0.25) is 0 Å². The number of rotatable bonds is 4. The number of carbonyl (C=O) groups is 1. The van der Waals surface area contributed by atoms with E-state index in [1.54, 1.807) is 0 Å². The molecule has 2 N–H and O–H groups in total. The van der Waals surface area contributed by atoms with Crippen LogP contribution in [0.3, 0.4) is 0 Å². The summed E-state index contributed by atoms with van der Waals surface area (Å²) in [6.45, 7) is 4.58. The van der Waals surface area contributed by atoms with Crippen LogP contribution < -0.4 is 15.1 Å². The number of quaternary nitrogens is 1. The van der Waals surface area contributed by atoms with Crippen molar-refractivity contribution in [1.82, 2.24) is 0 Å². The summed E-state index contributed by atoms with van der Waals surface area (Å²) in [6, 6.07) is 16.9. The van der Waals surface area contributed by atoms with Gasteiger partial charge in [0.25, 0.3) is 5.91 Å². The molecule has 130 valence electrons. The van der Waals surface area contributed by atoms with Crippen LogP contribution in [0.25, 0.3) is 0 Å². The summed E-state index contributed by atoms with van der Waals surface area (Å²) in [5, 5.41) is 3.09. The van der Waals surface area contributed by atoms with Crippen molar-refractivity contribution in [3.05, 3.63) is 59.7 Å². The Morgan fingerprint density at radius 2 is 1.76 bits per heavy atom. The van der Waals surface area contributed by atoms with Crippen LogP contribution in [0.5, 0.6) is 0 Å². The molecular weight excluding hydrogens is 310 g/mol. The lowest BCUT2D eigenvalue weighted by Crippen LogP contribution is -3.15. The van der Waals surface area contributed by atoms with Gasteiger partial charge < -0.3 is 15.1 Å². The van der Waals surface area contributed by atoms with Crippen LogP contribution in [0.4, 0.5) is 11.4 Å². The number of hydrogen-bond donors (Lipinski definition) is 2. The standard InChI is InChI=1S/C21H25N3O/c25-21(22-19-10-9-17-5-4-6-18(17)15-19)16-23-11-13-24(14-12-23)20-7-2-1-3-8-20/h1-3,7-10,15H,4-6,11-14,16H2,(H,22,25)/p+1. The summed E-state index contributed by atoms with van der Waals surface area (Å²) in [5.41, 5.74) is 5.08. The highest BCUT2D eigenvalue weighted by Crippen LogP contribution is 2.24. The number of aryl methyl sites for hydroxylation is 2. The predicted molar refractivity (Wildman–Crippen MR) is 101 cm³/mol. The zero-order chi connectivity index (χ0) is 17.1. The van der Waals surface area contributed by atoms with E-state index in [0.29, 0.717) is 6.54 Å². The maximum atomic E-state index is 12.4. The van der Waals surface area contributed by atoms with E-state index in [4.69, 9.17) is 0 Å². The Labute approximate surface area is 149 Å². The number of hydrogen-bond acceptors (Lipinski definition) is 2. The highest BCUT2D eigenvalue weighted by molar-refractivity contribution is 5.91. The van der Waals surface area contributed by atoms with Gasteiger partial charge in [-0.05, 0) is 54.7 Å². The highest BCUT2D eigenvalue weighted by atomic mass is 16.2. The Balaban J connectivity index is 1.28. The van der Waals surface area contributed by atoms with Gasteiger partial charge in [0.05, 0.1) is 26.2 Å². The average molecular weight is 336 g/mol. The summed E-state index contributed by atoms with van der Waals surface area (Å²) in [6.07, 6.45) is 3.56. The van der Waals surface area contributed by atoms with Crippen molar-refractivity contribution in [2.45, 2.75) is 19.3 Å². The quantitative estimate of drug-likeness (QED) is 0.888. The Kier molecular flexibility index (Phi) is 4.70. The molecule has 1 fully saturated rings. The maximum absolute atomic E-state index is 12.4. The third kappa shape index (κ3) is 3.85. The van der Waals surface area contributed by atoms with Crippen LogP contribution in [0, 0.1) is 0 Å². The molecule has 4 rings (SSSR count). The van der Waals surface area contributed by atoms with Gasteiger partial charge in [-0.1, -0.05) is 24.3 Å². The first-order valence-corrected chi connectivity index (χ1v) is 9.33. The molecule has 1 saturated heterocycles. The fourth-order valence-electron chi connectivity index (χ4n) is 3.98. The summed E-state index contributed by atoms with van der Waals surface area (Å²) in [4.78, 5) is 16.2. The minimum atomic E-state index is 0.126. The molecule has 4 nitrogen and oxygen atoms in total. The van der Waals surface area contributed by atoms with Crippen molar-refractivity contribution >= 4 is 17.3 Å². The monoisotopic (exact) mass is 336 g/mol. The smallest absolute Gasteiger partial charge is 0.279 e. The van der Waals surface area contributed by atoms with Gasteiger partial charge in [-0.25, -0.2) is 0 Å². The van der Waals surface area contributed by atoms with Crippen LogP contribution in [-0.2, 0) is 17.6 Å². The topological polar surface area (TPSA) is 36.8 Å². The molecule has 1 aliphatic carbocycles. The lowest BCUT2D eigenvalue weighted by Gasteiger charge is -2.33. The van der Waals surface area contributed by atoms with Crippen molar-refractivity contribution in [3.63, 3.8) is 0 Å². The summed E-state index contributed by atoms with van der Waals surface area (Å²) in [5.74, 6) is 0.126. The molecule has 0 aromatic heterocycles. The molecule has 0 radical (unpaired) electrons. The van der Waals surface area contributed by atoms with Crippen LogP contribution in [-0.4, -0.2) is 38.6 Å². The van der Waals surface area contributed by atoms with E-state index in [9.17, 15) is 4.79 Å². The first kappa shape index (κ1) is 16.2. The number of piperazine rings is 1. The number of benzene rings is 2. The van der Waals surface area contributed by atoms with E-state index in [1.807, 2.05) is 12.1 Å². The highest BCUT2D eigenvalue weighted by Gasteiger charge is 2.22. The predicted octanol–water partition coefficient (Wildman–Crippen LogP) is 1.52. The van der Waals surface area contributed by atoms with E-state index in [-0.39, 0.29) is 5.91 Å². The molecule has 2 aromatic rings. The number of carbonyl (C=O) groups excluding carboxylic acids is 1. The van der Waals surface area contributed by atoms with Crippen molar-refractivity contribution in [3.8, 4) is 0 Å². The molecule has 2 aromatic carbocycles. The fourth-order valence-corrected chi connectivity index (χ4v) is 3.98. The van der Waals surface area contributed by atoms with Gasteiger partial charge in [-0.15, -0.1) is 0 Å². The van der Waals surface area contributed by atoms with Crippen LogP contribution in [0.1, 0.15) is 17.5 Å². The van der Waals surface area contributed by atoms with Crippen LogP contribution in [0.15, 0.2) is 48.5 Å². The second-order valence-electron chi connectivity index (χ2n) is 7.13. The zero-order valence-corrected chi connectivity index (χ0v) is 14.6. The van der Waals surface area contributed by atoms with Crippen molar-refractivity contribution in [2.24, 2.45) is 0 Å². The molecule has 2 aliphatic rings. The van der Waals surface area contributed by atoms with E-state index in [2.05, 4.69) is 46.6 Å². The number of fused-ring (bicyclic) bond motifs is 1. The zero-order valence-electron chi connectivity index (χ0n) is 14.6. The molecule has 0 atom stereocenters. The Morgan fingerprint density at radius 3 is 2.56 bits per heavy atom. The first-order valence-electron chi connectivity index (χ1n) is 9.33. The Morgan fingerprint density at radius 1 is 1.00 bits per heavy atom. The van der Waals surface area contributed by atoms with E-state index >= 15 is 0 Å². The summed E-state index contributed by atoms with van der Waals surface area (Å²) >= 11 is 0. The summed E-state index contributed by atoms with van der Waals surface area (Å²) < 4.78 is 0. The number of nitrogens with zero attached hydrogens (tertiary/aromatic N) is 1. The van der Waals surface area contributed by atoms with Crippen molar-refractivity contribution < 1.29 is 9.69 Å². The van der Waals surface area contributed by atoms with Crippen molar-refractivity contribution in [1.29, 1.82) is 0 Å². The second-order valence-corrected chi connectivity index (χ2v) is 7.13. The van der Waals surface area contributed by atoms with Gasteiger partial charge in [0.1, 0.15) is 0 Å². The number of amides is 1. The molecule has 1 aliphatic heterocycles. The Hall–Kier alpha value is -2.33. The van der Waals surface area contributed by atoms with Gasteiger partial charge in [-0.2, -0.15) is 0 Å². The minimum Gasteiger partial charge on any atom is -0.360 e. The third-order valence-corrected chi connectivity index (χ3v) is 5.38. The van der Waals surface area contributed by atoms with Gasteiger partial charge in [0.2, 0.25) is 0 Å². The molecular formula is C21H26N3O+. The average Bonchev–Trinajstić information content (AvgIpc) is 3.11. The molecule has 0 saturated carbocycles. The molecule has 0 spiro atoms. The Bertz CT molecular complexity index is 736. The lowest BCUT2D eigenvalue weighted by atomic mass is 10.1. The largest absolute Gasteiger partial charge is 0.360 e. The molecule has 4 heteroatoms. The molecule has 0 bridgehead atoms. The number of anilines is 2. The van der Waals surface area contributed by atoms with E-state index in [0.717, 1.165) is 38.3 Å². The first-order chi connectivity index (χ1) is 12.3. The van der Waals surface area contributed by atoms with E-state index < -0.39 is 0 Å². The molecule has 1 heterocycles. The molecule has 0 unspecified atom stereocenters. The van der Waals surface area contributed by atoms with Gasteiger partial charge in [0.15, 0.2) is 6.54 Å². The normalized spacial score (nSPS) is 17.4. The van der Waals surface area contributed by atoms with Gasteiger partial charge in [0, 0.05) is 11.4 Å². The SMILES string of the molecule is O=C(C[NH+]1CCN(c2ccccc2)CC1)Nc1ccc2c(c1)CCC2. The summed E-state index contributed by atoms with van der Waals surface area (Å²) in [7, 11) is 0. The lowest BCUT2D eigenvalue weighted by molar-refractivity contribution is -0.892. The third-order valence-electron chi connectivity index (χ3n) is 5.38. The molecule has 1 amide bonds. The van der Waals surface area contributed by atoms with E-state index in [1.165, 1.54) is 34.6 Å². The van der Waals surface area contributed by atoms with Crippen LogP contribution >= 0.6 is 0 Å². The van der Waals surface area contributed by atoms with Gasteiger partial charge >= 0.3 is 0 Å². The number of para-hydroxylation sites is 1. The second kappa shape index (κ2) is 7.28. The maximum Gasteiger partial charge on any atom is 0.279 e. The van der Waals surface area contributed by atoms with Gasteiger partial charge in [-0.3, -0.25) is 4.79 Å². The van der Waals surface area contributed by atoms with Crippen molar-refractivity contribution in [2.75, 3.05) is 42.9 Å².